The van der Waals surface area contributed by atoms with Crippen LogP contribution in [0.4, 0.5) is 5.13 Å². The van der Waals surface area contributed by atoms with E-state index < -0.39 is 16.1 Å². The van der Waals surface area contributed by atoms with Crippen molar-refractivity contribution in [3.8, 4) is 5.75 Å². The third-order valence-corrected chi connectivity index (χ3v) is 6.85. The van der Waals surface area contributed by atoms with Crippen molar-refractivity contribution in [3.63, 3.8) is 0 Å². The number of anilines is 1. The number of aryl methyl sites for hydroxylation is 2. The zero-order valence-electron chi connectivity index (χ0n) is 15.6. The van der Waals surface area contributed by atoms with Gasteiger partial charge in [0.1, 0.15) is 18.5 Å². The summed E-state index contributed by atoms with van der Waals surface area (Å²) in [5, 5.41) is 12.5. The molecule has 8 heteroatoms. The molecular weight excluding hydrogens is 396 g/mol. The summed E-state index contributed by atoms with van der Waals surface area (Å²) in [6.45, 7) is 3.67. The van der Waals surface area contributed by atoms with Gasteiger partial charge < -0.3 is 9.84 Å². The van der Waals surface area contributed by atoms with Crippen LogP contribution in [-0.2, 0) is 10.0 Å². The summed E-state index contributed by atoms with van der Waals surface area (Å²) in [6, 6.07) is 13.9. The number of ether oxygens (including phenoxy) is 1. The Bertz CT molecular complexity index is 986. The molecule has 0 amide bonds. The number of sulfonamides is 1. The van der Waals surface area contributed by atoms with Gasteiger partial charge in [-0.1, -0.05) is 36.4 Å². The Morgan fingerprint density at radius 3 is 2.39 bits per heavy atom. The smallest absolute Gasteiger partial charge is 0.266 e. The van der Waals surface area contributed by atoms with Crippen molar-refractivity contribution in [2.75, 3.05) is 17.5 Å². The highest BCUT2D eigenvalue weighted by molar-refractivity contribution is 7.93. The Balaban J connectivity index is 1.79. The molecule has 1 unspecified atom stereocenters. The molecule has 0 aliphatic carbocycles. The number of thiazole rings is 1. The highest BCUT2D eigenvalue weighted by Crippen LogP contribution is 2.26. The molecule has 6 nitrogen and oxygen atoms in total. The summed E-state index contributed by atoms with van der Waals surface area (Å²) < 4.78 is 33.1. The monoisotopic (exact) mass is 418 g/mol. The van der Waals surface area contributed by atoms with Crippen LogP contribution in [0, 0.1) is 13.8 Å². The fraction of sp³-hybridized carbons (Fsp3) is 0.250. The zero-order valence-corrected chi connectivity index (χ0v) is 17.3. The highest BCUT2D eigenvalue weighted by atomic mass is 32.2. The molecule has 0 aliphatic rings. The maximum atomic E-state index is 13.1. The van der Waals surface area contributed by atoms with Gasteiger partial charge in [-0.25, -0.2) is 17.7 Å². The molecule has 2 aromatic carbocycles. The topological polar surface area (TPSA) is 79.7 Å². The van der Waals surface area contributed by atoms with Crippen LogP contribution < -0.4 is 9.04 Å². The van der Waals surface area contributed by atoms with Crippen LogP contribution in [0.25, 0.3) is 0 Å². The minimum absolute atomic E-state index is 0.0299. The van der Waals surface area contributed by atoms with Gasteiger partial charge in [0.2, 0.25) is 0 Å². The molecule has 3 aromatic rings. The van der Waals surface area contributed by atoms with Crippen LogP contribution in [0.5, 0.6) is 5.75 Å². The van der Waals surface area contributed by atoms with Crippen LogP contribution in [0.3, 0.4) is 0 Å². The maximum Gasteiger partial charge on any atom is 0.266 e. The standard InChI is InChI=1S/C20H22N2O4S2/c1-15-7-6-8-16(2)19(15)26-14-17(23)13-22(20-21-11-12-27-20)28(24,25)18-9-4-3-5-10-18/h3-12,17,23H,13-14H2,1-2H3. The van der Waals surface area contributed by atoms with E-state index in [9.17, 15) is 13.5 Å². The lowest BCUT2D eigenvalue weighted by molar-refractivity contribution is 0.114. The number of hydrogen-bond donors (Lipinski definition) is 1. The molecule has 28 heavy (non-hydrogen) atoms. The van der Waals surface area contributed by atoms with Gasteiger partial charge in [0.25, 0.3) is 10.0 Å². The van der Waals surface area contributed by atoms with Gasteiger partial charge in [-0.2, -0.15) is 0 Å². The minimum Gasteiger partial charge on any atom is -0.490 e. The molecule has 1 N–H and O–H groups in total. The van der Waals surface area contributed by atoms with E-state index in [1.165, 1.54) is 29.7 Å². The molecule has 0 saturated carbocycles. The lowest BCUT2D eigenvalue weighted by atomic mass is 10.1. The largest absolute Gasteiger partial charge is 0.490 e. The van der Waals surface area contributed by atoms with E-state index in [4.69, 9.17) is 4.74 Å². The van der Waals surface area contributed by atoms with E-state index in [1.54, 1.807) is 23.6 Å². The Hall–Kier alpha value is -2.42. The van der Waals surface area contributed by atoms with Crippen molar-refractivity contribution in [1.82, 2.24) is 4.98 Å². The van der Waals surface area contributed by atoms with Gasteiger partial charge in [0.05, 0.1) is 11.4 Å². The van der Waals surface area contributed by atoms with Crippen LogP contribution >= 0.6 is 11.3 Å². The number of benzene rings is 2. The van der Waals surface area contributed by atoms with Crippen molar-refractivity contribution in [1.29, 1.82) is 0 Å². The molecule has 0 aliphatic heterocycles. The van der Waals surface area contributed by atoms with Crippen molar-refractivity contribution < 1.29 is 18.3 Å². The predicted molar refractivity (Wildman–Crippen MR) is 111 cm³/mol. The molecule has 0 saturated heterocycles. The zero-order chi connectivity index (χ0) is 20.1. The first kappa shape index (κ1) is 20.3. The molecule has 1 aromatic heterocycles. The molecule has 0 radical (unpaired) electrons. The first-order valence-corrected chi connectivity index (χ1v) is 11.1. The second-order valence-corrected chi connectivity index (χ2v) is 9.08. The van der Waals surface area contributed by atoms with Crippen LogP contribution in [0.2, 0.25) is 0 Å². The molecule has 0 spiro atoms. The average Bonchev–Trinajstić information content (AvgIpc) is 3.20. The molecule has 1 heterocycles. The fourth-order valence-corrected chi connectivity index (χ4v) is 5.15. The van der Waals surface area contributed by atoms with E-state index in [-0.39, 0.29) is 18.0 Å². The molecule has 1 atom stereocenters. The maximum absolute atomic E-state index is 13.1. The molecule has 0 fully saturated rings. The summed E-state index contributed by atoms with van der Waals surface area (Å²) in [4.78, 5) is 4.27. The van der Waals surface area contributed by atoms with Gasteiger partial charge in [0, 0.05) is 11.6 Å². The second-order valence-electron chi connectivity index (χ2n) is 6.35. The Morgan fingerprint density at radius 2 is 1.79 bits per heavy atom. The Morgan fingerprint density at radius 1 is 1.11 bits per heavy atom. The number of hydrogen-bond acceptors (Lipinski definition) is 6. The number of aliphatic hydroxyl groups is 1. The van der Waals surface area contributed by atoms with E-state index in [2.05, 4.69) is 4.98 Å². The van der Waals surface area contributed by atoms with Gasteiger partial charge >= 0.3 is 0 Å². The predicted octanol–water partition coefficient (Wildman–Crippen LogP) is 3.40. The first-order valence-electron chi connectivity index (χ1n) is 8.74. The lowest BCUT2D eigenvalue weighted by Crippen LogP contribution is -2.39. The van der Waals surface area contributed by atoms with Gasteiger partial charge in [0.15, 0.2) is 5.13 Å². The van der Waals surface area contributed by atoms with E-state index in [0.717, 1.165) is 15.4 Å². The van der Waals surface area contributed by atoms with Gasteiger partial charge in [-0.05, 0) is 37.1 Å². The van der Waals surface area contributed by atoms with Crippen LogP contribution in [0.15, 0.2) is 65.0 Å². The van der Waals surface area contributed by atoms with Crippen LogP contribution in [0.1, 0.15) is 11.1 Å². The number of rotatable bonds is 8. The highest BCUT2D eigenvalue weighted by Gasteiger charge is 2.29. The summed E-state index contributed by atoms with van der Waals surface area (Å²) in [5.41, 5.74) is 1.92. The van der Waals surface area contributed by atoms with Crippen molar-refractivity contribution in [2.45, 2.75) is 24.8 Å². The van der Waals surface area contributed by atoms with Crippen LogP contribution in [-0.4, -0.2) is 37.8 Å². The first-order chi connectivity index (χ1) is 13.4. The van der Waals surface area contributed by atoms with Crippen molar-refractivity contribution in [2.24, 2.45) is 0 Å². The number of para-hydroxylation sites is 1. The van der Waals surface area contributed by atoms with Gasteiger partial charge in [-0.3, -0.25) is 0 Å². The van der Waals surface area contributed by atoms with Crippen molar-refractivity contribution >= 4 is 26.5 Å². The Labute approximate surface area is 169 Å². The van der Waals surface area contributed by atoms with E-state index in [1.807, 2.05) is 32.0 Å². The number of aliphatic hydroxyl groups excluding tert-OH is 1. The average molecular weight is 419 g/mol. The normalized spacial score (nSPS) is 12.5. The summed E-state index contributed by atoms with van der Waals surface area (Å²) in [6.07, 6.45) is 0.508. The lowest BCUT2D eigenvalue weighted by Gasteiger charge is -2.25. The molecule has 148 valence electrons. The quantitative estimate of drug-likeness (QED) is 0.607. The second kappa shape index (κ2) is 8.72. The summed E-state index contributed by atoms with van der Waals surface area (Å²) in [5.74, 6) is 0.702. The third kappa shape index (κ3) is 4.52. The third-order valence-electron chi connectivity index (χ3n) is 4.17. The molecule has 0 bridgehead atoms. The SMILES string of the molecule is Cc1cccc(C)c1OCC(O)CN(c1nccs1)S(=O)(=O)c1ccccc1. The Kier molecular flexibility index (Phi) is 6.33. The van der Waals surface area contributed by atoms with Gasteiger partial charge in [-0.15, -0.1) is 11.3 Å². The fourth-order valence-electron chi connectivity index (χ4n) is 2.79. The van der Waals surface area contributed by atoms with Crippen molar-refractivity contribution in [3.05, 3.63) is 71.2 Å². The summed E-state index contributed by atoms with van der Waals surface area (Å²) >= 11 is 1.20. The number of aromatic nitrogens is 1. The number of nitrogens with zero attached hydrogens (tertiary/aromatic N) is 2. The van der Waals surface area contributed by atoms with E-state index >= 15 is 0 Å². The minimum atomic E-state index is -3.85. The van der Waals surface area contributed by atoms with E-state index in [0.29, 0.717) is 10.9 Å². The summed E-state index contributed by atoms with van der Waals surface area (Å²) in [7, 11) is -3.85. The molecular formula is C20H22N2O4S2. The molecule has 3 rings (SSSR count).